The molecule has 0 radical (unpaired) electrons. The highest BCUT2D eigenvalue weighted by atomic mass is 19.1. The normalized spacial score (nSPS) is 13.8. The maximum Gasteiger partial charge on any atom is 0.251 e. The second-order valence-corrected chi connectivity index (χ2v) is 9.13. The summed E-state index contributed by atoms with van der Waals surface area (Å²) in [6, 6.07) is 25.8. The third kappa shape index (κ3) is 6.10. The van der Waals surface area contributed by atoms with Crippen molar-refractivity contribution in [2.45, 2.75) is 6.54 Å². The van der Waals surface area contributed by atoms with Crippen molar-refractivity contribution in [3.63, 3.8) is 0 Å². The number of benzene rings is 3. The minimum Gasteiger partial charge on any atom is -0.367 e. The molecule has 2 N–H and O–H groups in total. The molecule has 1 saturated heterocycles. The highest BCUT2D eigenvalue weighted by Crippen LogP contribution is 2.23. The van der Waals surface area contributed by atoms with E-state index in [0.29, 0.717) is 23.6 Å². The molecule has 188 valence electrons. The average Bonchev–Trinajstić information content (AvgIpc) is 2.94. The fourth-order valence-corrected chi connectivity index (χ4v) is 4.29. The van der Waals surface area contributed by atoms with Gasteiger partial charge in [0.15, 0.2) is 5.82 Å². The van der Waals surface area contributed by atoms with Gasteiger partial charge in [0.1, 0.15) is 5.82 Å². The van der Waals surface area contributed by atoms with Crippen molar-refractivity contribution in [1.29, 1.82) is 0 Å². The van der Waals surface area contributed by atoms with Gasteiger partial charge in [-0.05, 0) is 55.1 Å². The molecule has 5 rings (SSSR count). The Morgan fingerprint density at radius 3 is 2.46 bits per heavy atom. The Balaban J connectivity index is 1.21. The summed E-state index contributed by atoms with van der Waals surface area (Å²) in [5.41, 5.74) is 4.47. The van der Waals surface area contributed by atoms with E-state index in [-0.39, 0.29) is 11.7 Å². The molecule has 0 aliphatic carbocycles. The van der Waals surface area contributed by atoms with E-state index in [2.05, 4.69) is 37.7 Å². The zero-order chi connectivity index (χ0) is 25.6. The number of aromatic nitrogens is 2. The van der Waals surface area contributed by atoms with E-state index in [4.69, 9.17) is 0 Å². The molecule has 3 aromatic carbocycles. The first-order chi connectivity index (χ1) is 18.0. The lowest BCUT2D eigenvalue weighted by molar-refractivity contribution is 0.0951. The van der Waals surface area contributed by atoms with Crippen molar-refractivity contribution in [2.75, 3.05) is 43.4 Å². The lowest BCUT2D eigenvalue weighted by Gasteiger charge is -2.34. The number of halogens is 1. The van der Waals surface area contributed by atoms with Gasteiger partial charge < -0.3 is 20.4 Å². The monoisotopic (exact) mass is 496 g/mol. The summed E-state index contributed by atoms with van der Waals surface area (Å²) in [7, 11) is 2.07. The molecule has 1 amide bonds. The van der Waals surface area contributed by atoms with E-state index < -0.39 is 0 Å². The highest BCUT2D eigenvalue weighted by molar-refractivity contribution is 5.95. The predicted molar refractivity (Wildman–Crippen MR) is 144 cm³/mol. The largest absolute Gasteiger partial charge is 0.367 e. The molecule has 37 heavy (non-hydrogen) atoms. The molecular weight excluding hydrogens is 467 g/mol. The number of rotatable bonds is 7. The SMILES string of the molecule is CN1CCN(c2cc(CNC(=O)c3cccc(Nc4ccc(-c5ccccc5)nn4)c3)ccc2F)CC1. The van der Waals surface area contributed by atoms with Gasteiger partial charge in [-0.25, -0.2) is 4.39 Å². The van der Waals surface area contributed by atoms with Crippen LogP contribution in [0.5, 0.6) is 0 Å². The van der Waals surface area contributed by atoms with E-state index in [1.165, 1.54) is 6.07 Å². The van der Waals surface area contributed by atoms with Crippen LogP contribution in [0.25, 0.3) is 11.3 Å². The molecule has 0 unspecified atom stereocenters. The number of hydrogen-bond acceptors (Lipinski definition) is 6. The fourth-order valence-electron chi connectivity index (χ4n) is 4.29. The zero-order valence-electron chi connectivity index (χ0n) is 20.7. The summed E-state index contributed by atoms with van der Waals surface area (Å²) in [5, 5.41) is 14.7. The van der Waals surface area contributed by atoms with Crippen LogP contribution >= 0.6 is 0 Å². The van der Waals surface area contributed by atoms with Gasteiger partial charge in [0.2, 0.25) is 0 Å². The highest BCUT2D eigenvalue weighted by Gasteiger charge is 2.18. The van der Waals surface area contributed by atoms with Gasteiger partial charge in [-0.3, -0.25) is 4.79 Å². The van der Waals surface area contributed by atoms with E-state index >= 15 is 0 Å². The molecule has 0 bridgehead atoms. The first-order valence-corrected chi connectivity index (χ1v) is 12.3. The molecule has 0 saturated carbocycles. The Bertz CT molecular complexity index is 1350. The maximum atomic E-state index is 14.5. The van der Waals surface area contributed by atoms with Crippen LogP contribution in [0.4, 0.5) is 21.6 Å². The number of likely N-dealkylation sites (N-methyl/N-ethyl adjacent to an activating group) is 1. The van der Waals surface area contributed by atoms with Crippen LogP contribution in [0, 0.1) is 5.82 Å². The standard InChI is InChI=1S/C29H29FN6O/c1-35-14-16-36(17-15-35)27-18-21(10-11-25(27)30)20-31-29(37)23-8-5-9-24(19-23)32-28-13-12-26(33-34-28)22-6-3-2-4-7-22/h2-13,18-19H,14-17,20H2,1H3,(H,31,37)(H,32,34). The number of piperazine rings is 1. The molecule has 1 aromatic heterocycles. The lowest BCUT2D eigenvalue weighted by atomic mass is 10.1. The van der Waals surface area contributed by atoms with Crippen molar-refractivity contribution in [3.8, 4) is 11.3 Å². The fraction of sp³-hybridized carbons (Fsp3) is 0.207. The zero-order valence-corrected chi connectivity index (χ0v) is 20.7. The van der Waals surface area contributed by atoms with Crippen molar-refractivity contribution in [2.24, 2.45) is 0 Å². The topological polar surface area (TPSA) is 73.4 Å². The minimum absolute atomic E-state index is 0.209. The maximum absolute atomic E-state index is 14.5. The molecular formula is C29H29FN6O. The number of carbonyl (C=O) groups excluding carboxylic acids is 1. The van der Waals surface area contributed by atoms with Crippen LogP contribution in [0.15, 0.2) is 84.9 Å². The number of nitrogens with zero attached hydrogens (tertiary/aromatic N) is 4. The first kappa shape index (κ1) is 24.4. The predicted octanol–water partition coefficient (Wildman–Crippen LogP) is 4.71. The summed E-state index contributed by atoms with van der Waals surface area (Å²) < 4.78 is 14.5. The Hall–Kier alpha value is -4.30. The van der Waals surface area contributed by atoms with Gasteiger partial charge in [-0.15, -0.1) is 10.2 Å². The van der Waals surface area contributed by atoms with E-state index in [1.807, 2.05) is 60.7 Å². The van der Waals surface area contributed by atoms with Crippen LogP contribution in [0.3, 0.4) is 0 Å². The van der Waals surface area contributed by atoms with Crippen LogP contribution in [-0.4, -0.2) is 54.2 Å². The molecule has 2 heterocycles. The molecule has 1 fully saturated rings. The van der Waals surface area contributed by atoms with E-state index in [9.17, 15) is 9.18 Å². The van der Waals surface area contributed by atoms with Crippen LogP contribution in [-0.2, 0) is 6.54 Å². The van der Waals surface area contributed by atoms with Gasteiger partial charge in [-0.1, -0.05) is 42.5 Å². The van der Waals surface area contributed by atoms with Gasteiger partial charge in [0, 0.05) is 49.5 Å². The van der Waals surface area contributed by atoms with Gasteiger partial charge in [0.25, 0.3) is 5.91 Å². The number of hydrogen-bond donors (Lipinski definition) is 2. The molecule has 4 aromatic rings. The molecule has 1 aliphatic rings. The quantitative estimate of drug-likeness (QED) is 0.386. The average molecular weight is 497 g/mol. The van der Waals surface area contributed by atoms with Crippen LogP contribution in [0.2, 0.25) is 0 Å². The number of nitrogens with one attached hydrogen (secondary N) is 2. The number of carbonyl (C=O) groups is 1. The summed E-state index contributed by atoms with van der Waals surface area (Å²) in [4.78, 5) is 17.1. The van der Waals surface area contributed by atoms with E-state index in [1.54, 1.807) is 18.2 Å². The number of amides is 1. The Morgan fingerprint density at radius 1 is 0.892 bits per heavy atom. The second-order valence-electron chi connectivity index (χ2n) is 9.13. The van der Waals surface area contributed by atoms with Crippen molar-refractivity contribution in [1.82, 2.24) is 20.4 Å². The van der Waals surface area contributed by atoms with Gasteiger partial charge in [0.05, 0.1) is 11.4 Å². The Labute approximate surface area is 216 Å². The summed E-state index contributed by atoms with van der Waals surface area (Å²) in [5.74, 6) is 0.137. The van der Waals surface area contributed by atoms with Gasteiger partial charge >= 0.3 is 0 Å². The third-order valence-corrected chi connectivity index (χ3v) is 6.44. The van der Waals surface area contributed by atoms with Gasteiger partial charge in [-0.2, -0.15) is 0 Å². The number of anilines is 3. The molecule has 1 aliphatic heterocycles. The Morgan fingerprint density at radius 2 is 1.70 bits per heavy atom. The summed E-state index contributed by atoms with van der Waals surface area (Å²) in [6.07, 6.45) is 0. The molecule has 7 nitrogen and oxygen atoms in total. The van der Waals surface area contributed by atoms with Crippen LogP contribution < -0.4 is 15.5 Å². The minimum atomic E-state index is -0.238. The Kier molecular flexibility index (Phi) is 7.37. The lowest BCUT2D eigenvalue weighted by Crippen LogP contribution is -2.44. The smallest absolute Gasteiger partial charge is 0.251 e. The van der Waals surface area contributed by atoms with Crippen molar-refractivity contribution >= 4 is 23.1 Å². The van der Waals surface area contributed by atoms with Crippen molar-refractivity contribution < 1.29 is 9.18 Å². The summed E-state index contributed by atoms with van der Waals surface area (Å²) >= 11 is 0. The molecule has 0 atom stereocenters. The van der Waals surface area contributed by atoms with Crippen LogP contribution in [0.1, 0.15) is 15.9 Å². The second kappa shape index (κ2) is 11.2. The van der Waals surface area contributed by atoms with E-state index in [0.717, 1.165) is 48.7 Å². The first-order valence-electron chi connectivity index (χ1n) is 12.3. The molecule has 8 heteroatoms. The third-order valence-electron chi connectivity index (χ3n) is 6.44. The molecule has 0 spiro atoms. The summed E-state index contributed by atoms with van der Waals surface area (Å²) in [6.45, 7) is 3.66. The van der Waals surface area contributed by atoms with Crippen molar-refractivity contribution in [3.05, 3.63) is 102 Å².